The number of hydrogen-bond donors (Lipinski definition) is 0. The first-order valence-electron chi connectivity index (χ1n) is 10.7. The summed E-state index contributed by atoms with van der Waals surface area (Å²) < 4.78 is 58.4. The average molecular weight is 434 g/mol. The van der Waals surface area contributed by atoms with E-state index in [-0.39, 0.29) is 37.2 Å². The highest BCUT2D eigenvalue weighted by Crippen LogP contribution is 2.31. The summed E-state index contributed by atoms with van der Waals surface area (Å²) in [6, 6.07) is 10.2. The van der Waals surface area contributed by atoms with Gasteiger partial charge in [0.1, 0.15) is 12.8 Å². The molecule has 0 radical (unpaired) electrons. The van der Waals surface area contributed by atoms with Crippen molar-refractivity contribution >= 4 is 0 Å². The van der Waals surface area contributed by atoms with Crippen molar-refractivity contribution in [2.75, 3.05) is 19.8 Å². The predicted octanol–water partition coefficient (Wildman–Crippen LogP) is 6.37. The average Bonchev–Trinajstić information content (AvgIpc) is 2.78. The van der Waals surface area contributed by atoms with Crippen LogP contribution in [0.4, 0.5) is 13.2 Å². The maximum Gasteiger partial charge on any atom is 0.204 e. The Bertz CT molecular complexity index is 859. The Hall–Kier alpha value is -2.47. The van der Waals surface area contributed by atoms with Gasteiger partial charge in [0.15, 0.2) is 11.5 Å². The van der Waals surface area contributed by atoms with E-state index in [0.717, 1.165) is 24.0 Å². The first-order valence-corrected chi connectivity index (χ1v) is 10.7. The smallest absolute Gasteiger partial charge is 0.204 e. The van der Waals surface area contributed by atoms with Gasteiger partial charge in [-0.1, -0.05) is 36.4 Å². The van der Waals surface area contributed by atoms with E-state index >= 15 is 0 Å². The fourth-order valence-electron chi connectivity index (χ4n) is 3.71. The summed E-state index contributed by atoms with van der Waals surface area (Å²) in [5, 5.41) is 0. The van der Waals surface area contributed by atoms with Crippen molar-refractivity contribution in [2.24, 2.45) is 5.92 Å². The Kier molecular flexibility index (Phi) is 8.41. The zero-order valence-corrected chi connectivity index (χ0v) is 18.0. The van der Waals surface area contributed by atoms with Gasteiger partial charge in [-0.15, -0.1) is 0 Å². The number of hydrogen-bond acceptors (Lipinski definition) is 3. The fraction of sp³-hybridized carbons (Fsp3) is 0.440. The van der Waals surface area contributed by atoms with Gasteiger partial charge < -0.3 is 14.2 Å². The molecule has 0 spiro atoms. The number of allylic oxidation sites excluding steroid dienone is 1. The molecule has 3 rings (SSSR count). The Morgan fingerprint density at radius 3 is 2.29 bits per heavy atom. The van der Waals surface area contributed by atoms with Crippen LogP contribution in [0.1, 0.15) is 43.9 Å². The van der Waals surface area contributed by atoms with Gasteiger partial charge in [-0.05, 0) is 49.9 Å². The first kappa shape index (κ1) is 23.2. The van der Waals surface area contributed by atoms with E-state index in [1.807, 2.05) is 31.2 Å². The molecule has 1 fully saturated rings. The summed E-state index contributed by atoms with van der Waals surface area (Å²) in [6.07, 6.45) is 5.11. The second-order valence-corrected chi connectivity index (χ2v) is 7.66. The van der Waals surface area contributed by atoms with E-state index in [0.29, 0.717) is 12.5 Å². The van der Waals surface area contributed by atoms with Crippen LogP contribution in [-0.4, -0.2) is 26.0 Å². The van der Waals surface area contributed by atoms with E-state index in [2.05, 4.69) is 12.2 Å². The molecule has 3 nitrogen and oxygen atoms in total. The van der Waals surface area contributed by atoms with Gasteiger partial charge >= 0.3 is 0 Å². The van der Waals surface area contributed by atoms with Crippen molar-refractivity contribution in [1.29, 1.82) is 0 Å². The molecule has 1 aliphatic heterocycles. The molecule has 31 heavy (non-hydrogen) atoms. The first-order chi connectivity index (χ1) is 15.0. The van der Waals surface area contributed by atoms with E-state index < -0.39 is 17.8 Å². The van der Waals surface area contributed by atoms with Crippen molar-refractivity contribution in [3.8, 4) is 11.5 Å². The van der Waals surface area contributed by atoms with Crippen molar-refractivity contribution in [1.82, 2.24) is 0 Å². The Morgan fingerprint density at radius 2 is 1.71 bits per heavy atom. The predicted molar refractivity (Wildman–Crippen MR) is 114 cm³/mol. The SMILES string of the molecule is C/C=C/C1CCC(c2ccc(CC(F)COc3ccc(OCC)c(F)c3F)cc2)OC1. The van der Waals surface area contributed by atoms with E-state index in [9.17, 15) is 13.2 Å². The molecule has 0 aromatic heterocycles. The van der Waals surface area contributed by atoms with Gasteiger partial charge in [0.05, 0.1) is 19.3 Å². The van der Waals surface area contributed by atoms with Crippen LogP contribution in [0.2, 0.25) is 0 Å². The molecule has 6 heteroatoms. The molecule has 168 valence electrons. The van der Waals surface area contributed by atoms with Crippen molar-refractivity contribution in [3.05, 3.63) is 71.3 Å². The van der Waals surface area contributed by atoms with Crippen LogP contribution in [0.3, 0.4) is 0 Å². The van der Waals surface area contributed by atoms with Crippen LogP contribution >= 0.6 is 0 Å². The lowest BCUT2D eigenvalue weighted by Crippen LogP contribution is -2.19. The molecular formula is C25H29F3O3. The van der Waals surface area contributed by atoms with E-state index in [1.165, 1.54) is 12.1 Å². The summed E-state index contributed by atoms with van der Waals surface area (Å²) >= 11 is 0. The molecule has 3 atom stereocenters. The largest absolute Gasteiger partial charge is 0.491 e. The molecule has 1 aliphatic rings. The van der Waals surface area contributed by atoms with Gasteiger partial charge in [0.25, 0.3) is 0 Å². The Labute approximate surface area is 181 Å². The van der Waals surface area contributed by atoms with Crippen LogP contribution < -0.4 is 9.47 Å². The molecule has 0 saturated carbocycles. The van der Waals surface area contributed by atoms with E-state index in [4.69, 9.17) is 14.2 Å². The zero-order chi connectivity index (χ0) is 22.2. The van der Waals surface area contributed by atoms with Crippen LogP contribution in [-0.2, 0) is 11.2 Å². The van der Waals surface area contributed by atoms with Crippen LogP contribution in [0.15, 0.2) is 48.6 Å². The lowest BCUT2D eigenvalue weighted by atomic mass is 9.93. The molecule has 0 N–H and O–H groups in total. The third-order valence-corrected chi connectivity index (χ3v) is 5.32. The van der Waals surface area contributed by atoms with Gasteiger partial charge in [0, 0.05) is 12.3 Å². The molecule has 0 bridgehead atoms. The summed E-state index contributed by atoms with van der Waals surface area (Å²) in [5.74, 6) is -2.35. The minimum Gasteiger partial charge on any atom is -0.491 e. The summed E-state index contributed by atoms with van der Waals surface area (Å²) in [4.78, 5) is 0. The minimum atomic E-state index is -1.35. The monoisotopic (exact) mass is 434 g/mol. The standard InChI is InChI=1S/C25H29F3O3/c1-3-5-18-8-11-21(30-15-18)19-9-6-17(7-10-19)14-20(26)16-31-23-13-12-22(29-4-2)24(27)25(23)28/h3,5-7,9-10,12-13,18,20-21H,4,8,11,14-16H2,1-2H3/b5-3+. The highest BCUT2D eigenvalue weighted by atomic mass is 19.2. The Morgan fingerprint density at radius 1 is 1.03 bits per heavy atom. The van der Waals surface area contributed by atoms with Crippen molar-refractivity contribution in [3.63, 3.8) is 0 Å². The van der Waals surface area contributed by atoms with Crippen molar-refractivity contribution < 1.29 is 27.4 Å². The molecule has 0 amide bonds. The number of halogens is 3. The number of ether oxygens (including phenoxy) is 3. The molecule has 2 aromatic rings. The van der Waals surface area contributed by atoms with Crippen LogP contribution in [0.25, 0.3) is 0 Å². The molecule has 1 heterocycles. The maximum absolute atomic E-state index is 14.4. The zero-order valence-electron chi connectivity index (χ0n) is 18.0. The van der Waals surface area contributed by atoms with Gasteiger partial charge in [-0.2, -0.15) is 8.78 Å². The van der Waals surface area contributed by atoms with E-state index in [1.54, 1.807) is 6.92 Å². The summed E-state index contributed by atoms with van der Waals surface area (Å²) in [5.41, 5.74) is 1.89. The van der Waals surface area contributed by atoms with Gasteiger partial charge in [-0.25, -0.2) is 4.39 Å². The molecule has 0 aliphatic carbocycles. The fourth-order valence-corrected chi connectivity index (χ4v) is 3.71. The number of rotatable bonds is 9. The molecule has 1 saturated heterocycles. The van der Waals surface area contributed by atoms with Gasteiger partial charge in [-0.3, -0.25) is 0 Å². The molecule has 3 unspecified atom stereocenters. The summed E-state index contributed by atoms with van der Waals surface area (Å²) in [6.45, 7) is 4.24. The quantitative estimate of drug-likeness (QED) is 0.430. The number of alkyl halides is 1. The number of benzene rings is 2. The van der Waals surface area contributed by atoms with Crippen LogP contribution in [0.5, 0.6) is 11.5 Å². The second-order valence-electron chi connectivity index (χ2n) is 7.66. The highest BCUT2D eigenvalue weighted by Gasteiger charge is 2.22. The Balaban J connectivity index is 1.50. The third kappa shape index (κ3) is 6.26. The molecular weight excluding hydrogens is 405 g/mol. The third-order valence-electron chi connectivity index (χ3n) is 5.32. The topological polar surface area (TPSA) is 27.7 Å². The lowest BCUT2D eigenvalue weighted by Gasteiger charge is -2.27. The summed E-state index contributed by atoms with van der Waals surface area (Å²) in [7, 11) is 0. The van der Waals surface area contributed by atoms with Crippen molar-refractivity contribution in [2.45, 2.75) is 45.4 Å². The lowest BCUT2D eigenvalue weighted by molar-refractivity contribution is -0.00526. The van der Waals surface area contributed by atoms with Gasteiger partial charge in [0.2, 0.25) is 11.6 Å². The second kappa shape index (κ2) is 11.2. The normalized spacial score (nSPS) is 20.0. The minimum absolute atomic E-state index is 0.0672. The maximum atomic E-state index is 14.4. The molecule has 2 aromatic carbocycles. The highest BCUT2D eigenvalue weighted by molar-refractivity contribution is 5.35. The van der Waals surface area contributed by atoms with Crippen LogP contribution in [0, 0.1) is 17.6 Å².